The summed E-state index contributed by atoms with van der Waals surface area (Å²) in [6.45, 7) is 0. The predicted molar refractivity (Wildman–Crippen MR) is 103 cm³/mol. The number of hydrogen-bond acceptors (Lipinski definition) is 3. The first-order valence-corrected chi connectivity index (χ1v) is 8.96. The van der Waals surface area contributed by atoms with Gasteiger partial charge in [-0.15, -0.1) is 0 Å². The van der Waals surface area contributed by atoms with E-state index < -0.39 is 0 Å². The number of benzene rings is 1. The summed E-state index contributed by atoms with van der Waals surface area (Å²) in [5.74, 6) is 0.801. The molecule has 4 rings (SSSR count). The van der Waals surface area contributed by atoms with Crippen molar-refractivity contribution in [2.45, 2.75) is 4.43 Å². The molecule has 0 unspecified atom stereocenters. The van der Waals surface area contributed by atoms with Crippen molar-refractivity contribution in [1.29, 1.82) is 0 Å². The molecule has 0 amide bonds. The second kappa shape index (κ2) is 6.20. The fourth-order valence-electron chi connectivity index (χ4n) is 2.69. The zero-order chi connectivity index (χ0) is 16.5. The monoisotopic (exact) mass is 428 g/mol. The Kier molecular flexibility index (Phi) is 3.89. The molecule has 0 atom stereocenters. The summed E-state index contributed by atoms with van der Waals surface area (Å²) >= 11 is 2.35. The van der Waals surface area contributed by atoms with Crippen LogP contribution in [0.25, 0.3) is 27.8 Å². The highest BCUT2D eigenvalue weighted by Crippen LogP contribution is 2.25. The Morgan fingerprint density at radius 2 is 1.92 bits per heavy atom. The molecule has 0 bridgehead atoms. The van der Waals surface area contributed by atoms with E-state index in [1.807, 2.05) is 30.6 Å². The van der Waals surface area contributed by atoms with Gasteiger partial charge in [-0.25, -0.2) is 9.67 Å². The van der Waals surface area contributed by atoms with Crippen LogP contribution in [0.2, 0.25) is 0 Å². The van der Waals surface area contributed by atoms with Crippen LogP contribution >= 0.6 is 22.6 Å². The van der Waals surface area contributed by atoms with E-state index in [4.69, 9.17) is 0 Å². The average molecular weight is 428 g/mol. The van der Waals surface area contributed by atoms with E-state index in [1.54, 1.807) is 16.9 Å². The van der Waals surface area contributed by atoms with Crippen LogP contribution in [0, 0.1) is 0 Å². The molecular weight excluding hydrogens is 415 g/mol. The maximum atomic E-state index is 11.2. The lowest BCUT2D eigenvalue weighted by molar-refractivity contribution is 0.858. The molecular formula is C18H13IN4O. The zero-order valence-electron chi connectivity index (χ0n) is 12.6. The second-order valence-electron chi connectivity index (χ2n) is 5.37. The molecule has 6 heteroatoms. The molecule has 0 saturated carbocycles. The summed E-state index contributed by atoms with van der Waals surface area (Å²) < 4.78 is 2.69. The molecule has 0 aliphatic carbocycles. The maximum absolute atomic E-state index is 11.2. The maximum Gasteiger partial charge on any atom is 0.247 e. The van der Waals surface area contributed by atoms with E-state index in [0.29, 0.717) is 0 Å². The molecule has 3 heterocycles. The Hall–Kier alpha value is -2.48. The molecule has 24 heavy (non-hydrogen) atoms. The standard InChI is InChI=1S/C18H13IN4O/c19-9-13-11-21-18(15-4-2-1-3-14(13)15)23-8-7-16(22-23)12-5-6-17(24)20-10-12/h1-8,10-11H,9H2,(H,20,24). The Morgan fingerprint density at radius 3 is 2.67 bits per heavy atom. The number of aromatic nitrogens is 4. The SMILES string of the molecule is O=c1ccc(-c2ccn(-c3ncc(CI)c4ccccc34)n2)c[nH]1. The van der Waals surface area contributed by atoms with Gasteiger partial charge in [0.1, 0.15) is 0 Å². The van der Waals surface area contributed by atoms with Crippen molar-refractivity contribution in [2.24, 2.45) is 0 Å². The summed E-state index contributed by atoms with van der Waals surface area (Å²) in [5.41, 5.74) is 2.74. The number of nitrogens with zero attached hydrogens (tertiary/aromatic N) is 3. The largest absolute Gasteiger partial charge is 0.328 e. The topological polar surface area (TPSA) is 63.6 Å². The van der Waals surface area contributed by atoms with Crippen LogP contribution in [0.3, 0.4) is 0 Å². The third kappa shape index (κ3) is 2.62. The Morgan fingerprint density at radius 1 is 1.08 bits per heavy atom. The number of pyridine rings is 2. The molecule has 1 aromatic carbocycles. The summed E-state index contributed by atoms with van der Waals surface area (Å²) in [7, 11) is 0. The Bertz CT molecular complexity index is 1060. The van der Waals surface area contributed by atoms with E-state index in [2.05, 4.69) is 49.8 Å². The molecule has 118 valence electrons. The van der Waals surface area contributed by atoms with Crippen molar-refractivity contribution in [2.75, 3.05) is 0 Å². The number of halogens is 1. The minimum Gasteiger partial charge on any atom is -0.328 e. The number of hydrogen-bond donors (Lipinski definition) is 1. The Labute approximate surface area is 151 Å². The van der Waals surface area contributed by atoms with Crippen LogP contribution in [0.15, 0.2) is 65.8 Å². The van der Waals surface area contributed by atoms with Gasteiger partial charge >= 0.3 is 0 Å². The number of H-pyrrole nitrogens is 1. The lowest BCUT2D eigenvalue weighted by Crippen LogP contribution is -2.03. The molecule has 0 radical (unpaired) electrons. The minimum absolute atomic E-state index is 0.125. The van der Waals surface area contributed by atoms with Crippen LogP contribution in [0.5, 0.6) is 0 Å². The van der Waals surface area contributed by atoms with Crippen LogP contribution in [0.1, 0.15) is 5.56 Å². The van der Waals surface area contributed by atoms with Crippen molar-refractivity contribution in [3.63, 3.8) is 0 Å². The summed E-state index contributed by atoms with van der Waals surface area (Å²) in [6, 6.07) is 13.4. The van der Waals surface area contributed by atoms with E-state index in [0.717, 1.165) is 26.9 Å². The number of fused-ring (bicyclic) bond motifs is 1. The van der Waals surface area contributed by atoms with Gasteiger partial charge in [-0.3, -0.25) is 4.79 Å². The highest BCUT2D eigenvalue weighted by molar-refractivity contribution is 14.1. The predicted octanol–water partition coefficient (Wildman–Crippen LogP) is 3.71. The number of nitrogens with one attached hydrogen (secondary N) is 1. The quantitative estimate of drug-likeness (QED) is 0.400. The van der Waals surface area contributed by atoms with Crippen LogP contribution in [0.4, 0.5) is 0 Å². The van der Waals surface area contributed by atoms with Crippen LogP contribution in [-0.4, -0.2) is 19.7 Å². The van der Waals surface area contributed by atoms with E-state index in [1.165, 1.54) is 17.0 Å². The van der Waals surface area contributed by atoms with Crippen molar-refractivity contribution in [3.05, 3.63) is 77.0 Å². The van der Waals surface area contributed by atoms with Gasteiger partial charge in [-0.1, -0.05) is 46.9 Å². The van der Waals surface area contributed by atoms with E-state index in [9.17, 15) is 4.79 Å². The zero-order valence-corrected chi connectivity index (χ0v) is 14.8. The molecule has 4 aromatic rings. The summed E-state index contributed by atoms with van der Waals surface area (Å²) in [5, 5.41) is 6.88. The number of alkyl halides is 1. The summed E-state index contributed by atoms with van der Waals surface area (Å²) in [6.07, 6.45) is 5.46. The van der Waals surface area contributed by atoms with Crippen molar-refractivity contribution < 1.29 is 0 Å². The minimum atomic E-state index is -0.125. The lowest BCUT2D eigenvalue weighted by Gasteiger charge is -2.08. The van der Waals surface area contributed by atoms with E-state index in [-0.39, 0.29) is 5.56 Å². The highest BCUT2D eigenvalue weighted by atomic mass is 127. The molecule has 0 aliphatic rings. The Balaban J connectivity index is 1.84. The first-order valence-electron chi connectivity index (χ1n) is 7.44. The molecule has 3 aromatic heterocycles. The van der Waals surface area contributed by atoms with Crippen molar-refractivity contribution >= 4 is 33.4 Å². The first-order chi connectivity index (χ1) is 11.8. The molecule has 0 fully saturated rings. The first kappa shape index (κ1) is 15.1. The van der Waals surface area contributed by atoms with Crippen molar-refractivity contribution in [3.8, 4) is 17.1 Å². The van der Waals surface area contributed by atoms with Crippen molar-refractivity contribution in [1.82, 2.24) is 19.7 Å². The third-order valence-electron chi connectivity index (χ3n) is 3.89. The van der Waals surface area contributed by atoms with Gasteiger partial charge in [0.2, 0.25) is 5.56 Å². The fourth-order valence-corrected chi connectivity index (χ4v) is 3.30. The van der Waals surface area contributed by atoms with Gasteiger partial charge in [0.05, 0.1) is 5.69 Å². The molecule has 5 nitrogen and oxygen atoms in total. The van der Waals surface area contributed by atoms with E-state index >= 15 is 0 Å². The van der Waals surface area contributed by atoms with Gasteiger partial charge in [0, 0.05) is 40.0 Å². The smallest absolute Gasteiger partial charge is 0.247 e. The van der Waals surface area contributed by atoms with Gasteiger partial charge < -0.3 is 4.98 Å². The molecule has 0 saturated heterocycles. The summed E-state index contributed by atoms with van der Waals surface area (Å²) in [4.78, 5) is 18.5. The highest BCUT2D eigenvalue weighted by Gasteiger charge is 2.10. The van der Waals surface area contributed by atoms with Gasteiger partial charge in [0.15, 0.2) is 5.82 Å². The van der Waals surface area contributed by atoms with Crippen LogP contribution in [-0.2, 0) is 4.43 Å². The lowest BCUT2D eigenvalue weighted by atomic mass is 10.1. The molecule has 0 aliphatic heterocycles. The number of rotatable bonds is 3. The van der Waals surface area contributed by atoms with Gasteiger partial charge in [0.25, 0.3) is 0 Å². The fraction of sp³-hybridized carbons (Fsp3) is 0.0556. The average Bonchev–Trinajstić information content (AvgIpc) is 3.11. The third-order valence-corrected chi connectivity index (χ3v) is 4.71. The molecule has 0 spiro atoms. The molecule has 1 N–H and O–H groups in total. The van der Waals surface area contributed by atoms with Gasteiger partial charge in [-0.05, 0) is 23.1 Å². The second-order valence-corrected chi connectivity index (χ2v) is 6.14. The van der Waals surface area contributed by atoms with Crippen LogP contribution < -0.4 is 5.56 Å². The number of aromatic amines is 1. The normalized spacial score (nSPS) is 11.0. The van der Waals surface area contributed by atoms with Gasteiger partial charge in [-0.2, -0.15) is 5.10 Å².